The number of rotatable bonds is 4. The number of hydrogen-bond acceptors (Lipinski definition) is 3. The first-order valence-electron chi connectivity index (χ1n) is 11.1. The molecule has 0 radical (unpaired) electrons. The van der Waals surface area contributed by atoms with E-state index in [1.54, 1.807) is 0 Å². The minimum atomic E-state index is -2.83. The molecule has 0 aromatic carbocycles. The van der Waals surface area contributed by atoms with Gasteiger partial charge in [0.15, 0.2) is 15.8 Å². The van der Waals surface area contributed by atoms with Gasteiger partial charge in [-0.3, -0.25) is 4.99 Å². The van der Waals surface area contributed by atoms with E-state index in [4.69, 9.17) is 4.99 Å². The number of aliphatic imine (C=N–C) groups is 1. The molecule has 156 valence electrons. The molecule has 27 heavy (non-hydrogen) atoms. The molecule has 2 N–H and O–H groups in total. The highest BCUT2D eigenvalue weighted by molar-refractivity contribution is 7.91. The highest BCUT2D eigenvalue weighted by Gasteiger charge is 2.29. The van der Waals surface area contributed by atoms with Gasteiger partial charge in [-0.2, -0.15) is 0 Å². The maximum absolute atomic E-state index is 11.7. The van der Waals surface area contributed by atoms with Crippen LogP contribution in [0.3, 0.4) is 0 Å². The van der Waals surface area contributed by atoms with Crippen LogP contribution in [0.1, 0.15) is 72.1 Å². The summed E-state index contributed by atoms with van der Waals surface area (Å²) in [5, 5.41) is 7.42. The first-order valence-corrected chi connectivity index (χ1v) is 12.9. The van der Waals surface area contributed by atoms with Crippen molar-refractivity contribution in [1.29, 1.82) is 0 Å². The van der Waals surface area contributed by atoms with Crippen LogP contribution >= 0.6 is 0 Å². The molecule has 0 aromatic heterocycles. The van der Waals surface area contributed by atoms with E-state index >= 15 is 0 Å². The molecule has 2 saturated carbocycles. The summed E-state index contributed by atoms with van der Waals surface area (Å²) in [6.45, 7) is 7.67. The monoisotopic (exact) mass is 397 g/mol. The van der Waals surface area contributed by atoms with E-state index in [9.17, 15) is 8.42 Å². The van der Waals surface area contributed by atoms with Crippen LogP contribution in [0.5, 0.6) is 0 Å². The predicted molar refractivity (Wildman–Crippen MR) is 113 cm³/mol. The van der Waals surface area contributed by atoms with Gasteiger partial charge in [0.2, 0.25) is 0 Å². The van der Waals surface area contributed by atoms with Crippen LogP contribution in [-0.2, 0) is 9.84 Å². The summed E-state index contributed by atoms with van der Waals surface area (Å²) in [4.78, 5) is 4.87. The van der Waals surface area contributed by atoms with Gasteiger partial charge >= 0.3 is 0 Å². The lowest BCUT2D eigenvalue weighted by Gasteiger charge is -2.35. The standard InChI is InChI=1S/C21H39N3O2S/c1-15-8-9-19(12-17(15)3)23-21(24-20-7-5-4-6-16(20)2)22-13-18-10-11-27(25,26)14-18/h15-20H,4-14H2,1-3H3,(H2,22,23,24). The number of hydrogen-bond donors (Lipinski definition) is 2. The fraction of sp³-hybridized carbons (Fsp3) is 0.952. The Hall–Kier alpha value is -0.780. The molecule has 0 amide bonds. The Morgan fingerprint density at radius 1 is 0.926 bits per heavy atom. The lowest BCUT2D eigenvalue weighted by molar-refractivity contribution is 0.237. The third-order valence-electron chi connectivity index (χ3n) is 7.21. The third-order valence-corrected chi connectivity index (χ3v) is 9.04. The van der Waals surface area contributed by atoms with Crippen LogP contribution in [0.15, 0.2) is 4.99 Å². The molecule has 6 heteroatoms. The summed E-state index contributed by atoms with van der Waals surface area (Å²) in [5.41, 5.74) is 0. The largest absolute Gasteiger partial charge is 0.354 e. The van der Waals surface area contributed by atoms with E-state index in [0.29, 0.717) is 36.1 Å². The van der Waals surface area contributed by atoms with E-state index in [1.165, 1.54) is 44.9 Å². The summed E-state index contributed by atoms with van der Waals surface area (Å²) >= 11 is 0. The van der Waals surface area contributed by atoms with Gasteiger partial charge < -0.3 is 10.6 Å². The van der Waals surface area contributed by atoms with Gasteiger partial charge in [-0.15, -0.1) is 0 Å². The van der Waals surface area contributed by atoms with Crippen molar-refractivity contribution in [3.8, 4) is 0 Å². The molecule has 1 aliphatic heterocycles. The Balaban J connectivity index is 1.63. The van der Waals surface area contributed by atoms with Crippen molar-refractivity contribution >= 4 is 15.8 Å². The normalized spacial score (nSPS) is 39.9. The first-order chi connectivity index (χ1) is 12.8. The van der Waals surface area contributed by atoms with Crippen molar-refractivity contribution < 1.29 is 8.42 Å². The number of nitrogens with zero attached hydrogens (tertiary/aromatic N) is 1. The summed E-state index contributed by atoms with van der Waals surface area (Å²) in [7, 11) is -2.83. The van der Waals surface area contributed by atoms with Gasteiger partial charge in [-0.05, 0) is 62.2 Å². The molecule has 5 nitrogen and oxygen atoms in total. The molecule has 1 heterocycles. The predicted octanol–water partition coefficient (Wildman–Crippen LogP) is 3.36. The highest BCUT2D eigenvalue weighted by Crippen LogP contribution is 2.29. The average Bonchev–Trinajstić information content (AvgIpc) is 2.97. The Labute approximate surface area is 166 Å². The number of guanidine groups is 1. The molecule has 6 atom stereocenters. The number of nitrogens with one attached hydrogen (secondary N) is 2. The molecule has 0 aromatic rings. The topological polar surface area (TPSA) is 70.6 Å². The Morgan fingerprint density at radius 2 is 1.70 bits per heavy atom. The van der Waals surface area contributed by atoms with Gasteiger partial charge in [-0.1, -0.05) is 33.6 Å². The quantitative estimate of drug-likeness (QED) is 0.564. The molecule has 0 bridgehead atoms. The smallest absolute Gasteiger partial charge is 0.191 e. The SMILES string of the molecule is CC1CCC(NC(=NCC2CCS(=O)(=O)C2)NC2CCCCC2C)CC1C. The van der Waals surface area contributed by atoms with E-state index in [1.807, 2.05) is 0 Å². The highest BCUT2D eigenvalue weighted by atomic mass is 32.2. The maximum atomic E-state index is 11.7. The van der Waals surface area contributed by atoms with Crippen molar-refractivity contribution in [1.82, 2.24) is 10.6 Å². The van der Waals surface area contributed by atoms with Crippen LogP contribution in [0.4, 0.5) is 0 Å². The van der Waals surface area contributed by atoms with E-state index < -0.39 is 9.84 Å². The van der Waals surface area contributed by atoms with Crippen LogP contribution in [0.25, 0.3) is 0 Å². The Bertz CT molecular complexity index is 619. The second-order valence-corrected chi connectivity index (χ2v) is 11.8. The minimum Gasteiger partial charge on any atom is -0.354 e. The summed E-state index contributed by atoms with van der Waals surface area (Å²) < 4.78 is 23.5. The first kappa shape index (κ1) is 20.9. The zero-order chi connectivity index (χ0) is 19.4. The van der Waals surface area contributed by atoms with Gasteiger partial charge in [0.1, 0.15) is 0 Å². The Morgan fingerprint density at radius 3 is 2.37 bits per heavy atom. The van der Waals surface area contributed by atoms with Crippen LogP contribution < -0.4 is 10.6 Å². The van der Waals surface area contributed by atoms with Crippen LogP contribution in [0, 0.1) is 23.7 Å². The van der Waals surface area contributed by atoms with E-state index in [-0.39, 0.29) is 5.92 Å². The Kier molecular flexibility index (Phi) is 7.09. The zero-order valence-corrected chi connectivity index (χ0v) is 18.2. The fourth-order valence-corrected chi connectivity index (χ4v) is 6.80. The molecule has 2 aliphatic carbocycles. The lowest BCUT2D eigenvalue weighted by atomic mass is 9.79. The zero-order valence-electron chi connectivity index (χ0n) is 17.4. The molecule has 3 fully saturated rings. The average molecular weight is 398 g/mol. The van der Waals surface area contributed by atoms with Crippen LogP contribution in [-0.4, -0.2) is 44.5 Å². The van der Waals surface area contributed by atoms with Crippen molar-refractivity contribution in [2.24, 2.45) is 28.7 Å². The summed E-state index contributed by atoms with van der Waals surface area (Å²) in [6, 6.07) is 0.964. The molecule has 3 rings (SSSR count). The van der Waals surface area contributed by atoms with Gasteiger partial charge in [0, 0.05) is 18.6 Å². The van der Waals surface area contributed by atoms with E-state index in [0.717, 1.165) is 24.2 Å². The van der Waals surface area contributed by atoms with Gasteiger partial charge in [0.25, 0.3) is 0 Å². The lowest BCUT2D eigenvalue weighted by Crippen LogP contribution is -2.51. The molecular weight excluding hydrogens is 358 g/mol. The summed E-state index contributed by atoms with van der Waals surface area (Å²) in [6.07, 6.45) is 9.53. The molecule has 6 unspecified atom stereocenters. The molecule has 0 spiro atoms. The number of sulfone groups is 1. The molecule has 3 aliphatic rings. The van der Waals surface area contributed by atoms with Crippen molar-refractivity contribution in [2.75, 3.05) is 18.1 Å². The van der Waals surface area contributed by atoms with E-state index in [2.05, 4.69) is 31.4 Å². The van der Waals surface area contributed by atoms with Gasteiger partial charge in [0.05, 0.1) is 11.5 Å². The second-order valence-electron chi connectivity index (χ2n) is 9.58. The third kappa shape index (κ3) is 6.10. The summed E-state index contributed by atoms with van der Waals surface area (Å²) in [5.74, 6) is 3.96. The molecule has 1 saturated heterocycles. The van der Waals surface area contributed by atoms with Crippen molar-refractivity contribution in [3.63, 3.8) is 0 Å². The van der Waals surface area contributed by atoms with Crippen LogP contribution in [0.2, 0.25) is 0 Å². The fourth-order valence-electron chi connectivity index (χ4n) is 4.95. The van der Waals surface area contributed by atoms with Gasteiger partial charge in [-0.25, -0.2) is 8.42 Å². The second kappa shape index (κ2) is 9.15. The van der Waals surface area contributed by atoms with Crippen molar-refractivity contribution in [2.45, 2.75) is 84.2 Å². The minimum absolute atomic E-state index is 0.183. The van der Waals surface area contributed by atoms with Crippen molar-refractivity contribution in [3.05, 3.63) is 0 Å². The molecular formula is C21H39N3O2S. The maximum Gasteiger partial charge on any atom is 0.191 e.